The summed E-state index contributed by atoms with van der Waals surface area (Å²) in [7, 11) is 0. The monoisotopic (exact) mass is 364 g/mol. The van der Waals surface area contributed by atoms with Crippen molar-refractivity contribution in [1.29, 1.82) is 0 Å². The predicted octanol–water partition coefficient (Wildman–Crippen LogP) is 4.84. The molecule has 1 unspecified atom stereocenters. The van der Waals surface area contributed by atoms with Crippen LogP contribution in [-0.4, -0.2) is 48.8 Å². The van der Waals surface area contributed by atoms with Gasteiger partial charge >= 0.3 is 0 Å². The fraction of sp³-hybridized carbons (Fsp3) is 0.727. The number of piperazine rings is 1. The fourth-order valence-corrected chi connectivity index (χ4v) is 3.74. The number of unbranched alkanes of at least 4 members (excludes halogenated alkanes) is 7. The van der Waals surface area contributed by atoms with Crippen LogP contribution in [0.5, 0.6) is 0 Å². The van der Waals surface area contributed by atoms with Gasteiger partial charge in [0.2, 0.25) is 0 Å². The van der Waals surface area contributed by atoms with Crippen LogP contribution in [0.1, 0.15) is 64.7 Å². The molecular formula is C22H37FN2O. The summed E-state index contributed by atoms with van der Waals surface area (Å²) in [5, 5.41) is 10.3. The first kappa shape index (κ1) is 21.2. The van der Waals surface area contributed by atoms with E-state index < -0.39 is 0 Å². The van der Waals surface area contributed by atoms with E-state index in [0.29, 0.717) is 0 Å². The number of hydrogen-bond donors (Lipinski definition) is 1. The molecule has 0 amide bonds. The molecule has 1 atom stereocenters. The maximum atomic E-state index is 13.0. The molecule has 148 valence electrons. The Kier molecular flexibility index (Phi) is 10.0. The van der Waals surface area contributed by atoms with E-state index in [9.17, 15) is 9.50 Å². The Morgan fingerprint density at radius 2 is 1.46 bits per heavy atom. The summed E-state index contributed by atoms with van der Waals surface area (Å²) in [5.41, 5.74) is 1.09. The highest BCUT2D eigenvalue weighted by molar-refractivity contribution is 5.46. The van der Waals surface area contributed by atoms with Crippen molar-refractivity contribution in [2.45, 2.75) is 70.8 Å². The van der Waals surface area contributed by atoms with E-state index in [1.165, 1.54) is 57.1 Å². The Morgan fingerprint density at radius 3 is 2.08 bits per heavy atom. The summed E-state index contributed by atoms with van der Waals surface area (Å²) in [6.45, 7) is 6.85. The van der Waals surface area contributed by atoms with Crippen molar-refractivity contribution in [3.05, 3.63) is 30.1 Å². The molecule has 0 spiro atoms. The first-order valence-electron chi connectivity index (χ1n) is 10.6. The number of anilines is 1. The number of aliphatic hydroxyl groups excluding tert-OH is 1. The molecule has 0 radical (unpaired) electrons. The van der Waals surface area contributed by atoms with Crippen LogP contribution in [0, 0.1) is 5.82 Å². The molecule has 3 nitrogen and oxygen atoms in total. The molecule has 1 aromatic rings. The van der Waals surface area contributed by atoms with Crippen LogP contribution in [0.25, 0.3) is 0 Å². The fourth-order valence-electron chi connectivity index (χ4n) is 3.74. The van der Waals surface area contributed by atoms with E-state index >= 15 is 0 Å². The molecule has 1 aliphatic heterocycles. The third-order valence-electron chi connectivity index (χ3n) is 5.42. The number of rotatable bonds is 12. The summed E-state index contributed by atoms with van der Waals surface area (Å²) < 4.78 is 13.0. The second-order valence-electron chi connectivity index (χ2n) is 7.68. The lowest BCUT2D eigenvalue weighted by atomic mass is 10.1. The minimum absolute atomic E-state index is 0.184. The molecule has 26 heavy (non-hydrogen) atoms. The highest BCUT2D eigenvalue weighted by Crippen LogP contribution is 2.17. The van der Waals surface area contributed by atoms with Gasteiger partial charge in [-0.2, -0.15) is 0 Å². The van der Waals surface area contributed by atoms with Gasteiger partial charge in [0.05, 0.1) is 6.10 Å². The Labute approximate surface area is 159 Å². The molecule has 1 N–H and O–H groups in total. The topological polar surface area (TPSA) is 26.7 Å². The average molecular weight is 365 g/mol. The van der Waals surface area contributed by atoms with Crippen LogP contribution in [-0.2, 0) is 0 Å². The van der Waals surface area contributed by atoms with Gasteiger partial charge in [0, 0.05) is 38.4 Å². The van der Waals surface area contributed by atoms with Crippen molar-refractivity contribution in [1.82, 2.24) is 4.90 Å². The molecule has 0 bridgehead atoms. The van der Waals surface area contributed by atoms with E-state index in [4.69, 9.17) is 0 Å². The van der Waals surface area contributed by atoms with Crippen LogP contribution in [0.3, 0.4) is 0 Å². The molecule has 0 aliphatic carbocycles. The maximum Gasteiger partial charge on any atom is 0.123 e. The number of nitrogens with zero attached hydrogens (tertiary/aromatic N) is 2. The van der Waals surface area contributed by atoms with Gasteiger partial charge in [-0.3, -0.25) is 4.90 Å². The summed E-state index contributed by atoms with van der Waals surface area (Å²) >= 11 is 0. The van der Waals surface area contributed by atoms with Crippen molar-refractivity contribution in [2.75, 3.05) is 37.6 Å². The van der Waals surface area contributed by atoms with Crippen molar-refractivity contribution < 1.29 is 9.50 Å². The quantitative estimate of drug-likeness (QED) is 0.538. The molecule has 1 fully saturated rings. The minimum atomic E-state index is -0.201. The van der Waals surface area contributed by atoms with Crippen molar-refractivity contribution in [3.63, 3.8) is 0 Å². The zero-order valence-electron chi connectivity index (χ0n) is 16.5. The SMILES string of the molecule is CCCCCCCCCCC(O)CN1CCN(c2ccc(F)cc2)CC1. The number of benzene rings is 1. The molecule has 1 aliphatic rings. The van der Waals surface area contributed by atoms with Crippen molar-refractivity contribution >= 4 is 5.69 Å². The Hall–Kier alpha value is -1.13. The number of aliphatic hydroxyl groups is 1. The molecule has 0 aromatic heterocycles. The lowest BCUT2D eigenvalue weighted by Gasteiger charge is -2.37. The van der Waals surface area contributed by atoms with Crippen LogP contribution < -0.4 is 4.90 Å². The molecule has 1 heterocycles. The van der Waals surface area contributed by atoms with Crippen LogP contribution >= 0.6 is 0 Å². The largest absolute Gasteiger partial charge is 0.392 e. The van der Waals surface area contributed by atoms with Crippen molar-refractivity contribution in [2.24, 2.45) is 0 Å². The van der Waals surface area contributed by atoms with E-state index in [0.717, 1.165) is 51.3 Å². The normalized spacial score (nSPS) is 16.8. The number of β-amino-alcohol motifs (C(OH)–C–C–N with tert-alkyl or cyclic N) is 1. The number of halogens is 1. The third kappa shape index (κ3) is 8.05. The van der Waals surface area contributed by atoms with E-state index in [-0.39, 0.29) is 11.9 Å². The van der Waals surface area contributed by atoms with Crippen molar-refractivity contribution in [3.8, 4) is 0 Å². The zero-order valence-corrected chi connectivity index (χ0v) is 16.5. The maximum absolute atomic E-state index is 13.0. The molecule has 1 saturated heterocycles. The molecular weight excluding hydrogens is 327 g/mol. The van der Waals surface area contributed by atoms with Gasteiger partial charge in [0.1, 0.15) is 5.82 Å². The van der Waals surface area contributed by atoms with E-state index in [1.807, 2.05) is 12.1 Å². The van der Waals surface area contributed by atoms with Gasteiger partial charge in [-0.15, -0.1) is 0 Å². The van der Waals surface area contributed by atoms with Crippen LogP contribution in [0.2, 0.25) is 0 Å². The van der Waals surface area contributed by atoms with Gasteiger partial charge in [-0.1, -0.05) is 58.3 Å². The zero-order chi connectivity index (χ0) is 18.6. The predicted molar refractivity (Wildman–Crippen MR) is 108 cm³/mol. The third-order valence-corrected chi connectivity index (χ3v) is 5.42. The summed E-state index contributed by atoms with van der Waals surface area (Å²) in [4.78, 5) is 4.65. The second-order valence-corrected chi connectivity index (χ2v) is 7.68. The van der Waals surface area contributed by atoms with E-state index in [1.54, 1.807) is 0 Å². The molecule has 4 heteroatoms. The first-order valence-corrected chi connectivity index (χ1v) is 10.6. The summed E-state index contributed by atoms with van der Waals surface area (Å²) in [6.07, 6.45) is 11.2. The smallest absolute Gasteiger partial charge is 0.123 e. The highest BCUT2D eigenvalue weighted by Gasteiger charge is 2.19. The lowest BCUT2D eigenvalue weighted by molar-refractivity contribution is 0.0996. The average Bonchev–Trinajstić information content (AvgIpc) is 2.65. The molecule has 0 saturated carbocycles. The van der Waals surface area contributed by atoms with Gasteiger partial charge in [0.25, 0.3) is 0 Å². The number of hydrogen-bond acceptors (Lipinski definition) is 3. The van der Waals surface area contributed by atoms with Crippen LogP contribution in [0.4, 0.5) is 10.1 Å². The minimum Gasteiger partial charge on any atom is -0.392 e. The van der Waals surface area contributed by atoms with Crippen LogP contribution in [0.15, 0.2) is 24.3 Å². The van der Waals surface area contributed by atoms with Gasteiger partial charge in [0.15, 0.2) is 0 Å². The highest BCUT2D eigenvalue weighted by atomic mass is 19.1. The standard InChI is InChI=1S/C22H37FN2O/c1-2-3-4-5-6-7-8-9-10-22(26)19-24-15-17-25(18-16-24)21-13-11-20(23)12-14-21/h11-14,22,26H,2-10,15-19H2,1H3. The Balaban J connectivity index is 1.52. The summed E-state index contributed by atoms with van der Waals surface area (Å²) in [5.74, 6) is -0.184. The Morgan fingerprint density at radius 1 is 0.885 bits per heavy atom. The van der Waals surface area contributed by atoms with Gasteiger partial charge in [-0.05, 0) is 30.7 Å². The van der Waals surface area contributed by atoms with E-state index in [2.05, 4.69) is 16.7 Å². The molecule has 1 aromatic carbocycles. The summed E-state index contributed by atoms with van der Waals surface area (Å²) in [6, 6.07) is 6.74. The second kappa shape index (κ2) is 12.3. The lowest BCUT2D eigenvalue weighted by Crippen LogP contribution is -2.48. The first-order chi connectivity index (χ1) is 12.7. The van der Waals surface area contributed by atoms with Gasteiger partial charge < -0.3 is 10.0 Å². The Bertz CT molecular complexity index is 472. The molecule has 2 rings (SSSR count). The van der Waals surface area contributed by atoms with Gasteiger partial charge in [-0.25, -0.2) is 4.39 Å².